The van der Waals surface area contributed by atoms with E-state index in [1.807, 2.05) is 0 Å². The van der Waals surface area contributed by atoms with E-state index in [2.05, 4.69) is 4.98 Å². The number of thiazole rings is 1. The Morgan fingerprint density at radius 3 is 2.72 bits per heavy atom. The van der Waals surface area contributed by atoms with E-state index >= 15 is 0 Å². The van der Waals surface area contributed by atoms with Crippen molar-refractivity contribution in [2.24, 2.45) is 5.73 Å². The van der Waals surface area contributed by atoms with Crippen LogP contribution >= 0.6 is 11.3 Å². The summed E-state index contributed by atoms with van der Waals surface area (Å²) in [7, 11) is 0. The molecule has 2 aromatic rings. The van der Waals surface area contributed by atoms with E-state index in [0.29, 0.717) is 22.7 Å². The van der Waals surface area contributed by atoms with Crippen molar-refractivity contribution >= 4 is 21.6 Å². The van der Waals surface area contributed by atoms with E-state index in [-0.39, 0.29) is 5.52 Å². The van der Waals surface area contributed by atoms with Gasteiger partial charge in [-0.3, -0.25) is 0 Å². The molecule has 0 amide bonds. The molecular weight excluding hydrogens is 265 g/mol. The van der Waals surface area contributed by atoms with Crippen LogP contribution in [0.5, 0.6) is 0 Å². The van der Waals surface area contributed by atoms with Crippen LogP contribution in [0.15, 0.2) is 18.2 Å². The number of hydrogen-bond donors (Lipinski definition) is 2. The van der Waals surface area contributed by atoms with E-state index in [4.69, 9.17) is 5.73 Å². The third-order valence-electron chi connectivity index (χ3n) is 2.46. The summed E-state index contributed by atoms with van der Waals surface area (Å²) in [6, 6.07) is 3.37. The third kappa shape index (κ3) is 2.63. The summed E-state index contributed by atoms with van der Waals surface area (Å²) in [5, 5.41) is 10.1. The van der Waals surface area contributed by atoms with E-state index in [1.165, 1.54) is 17.4 Å². The first-order valence-electron chi connectivity index (χ1n) is 5.27. The Kier molecular flexibility index (Phi) is 3.56. The Bertz CT molecular complexity index is 553. The van der Waals surface area contributed by atoms with Crippen LogP contribution in [0.4, 0.5) is 13.2 Å². The Labute approximate surface area is 105 Å². The first-order valence-corrected chi connectivity index (χ1v) is 6.09. The van der Waals surface area contributed by atoms with E-state index < -0.39 is 17.8 Å². The van der Waals surface area contributed by atoms with Crippen molar-refractivity contribution in [2.75, 3.05) is 6.54 Å². The van der Waals surface area contributed by atoms with Gasteiger partial charge in [0.1, 0.15) is 11.1 Å². The average Bonchev–Trinajstić information content (AvgIpc) is 2.70. The van der Waals surface area contributed by atoms with Crippen molar-refractivity contribution in [3.05, 3.63) is 28.8 Å². The topological polar surface area (TPSA) is 59.1 Å². The fourth-order valence-electron chi connectivity index (χ4n) is 1.55. The molecule has 0 spiro atoms. The minimum atomic E-state index is -4.38. The van der Waals surface area contributed by atoms with Crippen LogP contribution in [0.25, 0.3) is 10.2 Å². The van der Waals surface area contributed by atoms with Gasteiger partial charge in [0.25, 0.3) is 0 Å². The average molecular weight is 276 g/mol. The Morgan fingerprint density at radius 1 is 1.39 bits per heavy atom. The molecule has 1 aromatic heterocycles. The summed E-state index contributed by atoms with van der Waals surface area (Å²) in [6.45, 7) is 0.297. The molecule has 3 N–H and O–H groups in total. The smallest absolute Gasteiger partial charge is 0.386 e. The zero-order valence-corrected chi connectivity index (χ0v) is 10.1. The molecule has 0 saturated heterocycles. The van der Waals surface area contributed by atoms with Crippen LogP contribution in [0.3, 0.4) is 0 Å². The molecule has 0 radical (unpaired) electrons. The highest BCUT2D eigenvalue weighted by molar-refractivity contribution is 7.18. The van der Waals surface area contributed by atoms with E-state index in [9.17, 15) is 18.3 Å². The number of nitrogens with two attached hydrogens (primary N) is 1. The molecule has 2 rings (SSSR count). The van der Waals surface area contributed by atoms with Gasteiger partial charge in [-0.2, -0.15) is 13.2 Å². The highest BCUT2D eigenvalue weighted by Crippen LogP contribution is 2.34. The van der Waals surface area contributed by atoms with Crippen molar-refractivity contribution in [3.63, 3.8) is 0 Å². The lowest BCUT2D eigenvalue weighted by atomic mass is 10.2. The molecule has 0 bridgehead atoms. The standard InChI is InChI=1S/C11H11F3N2OS/c12-11(13,14)6-1-2-9-7(5-6)16-10(18-9)8(17)3-4-15/h1-2,5,8,17H,3-4,15H2. The molecule has 3 nitrogen and oxygen atoms in total. The Hall–Kier alpha value is -1.18. The normalized spacial score (nSPS) is 14.1. The summed E-state index contributed by atoms with van der Waals surface area (Å²) < 4.78 is 38.2. The molecule has 0 aliphatic heterocycles. The zero-order valence-electron chi connectivity index (χ0n) is 9.24. The van der Waals surface area contributed by atoms with Crippen LogP contribution in [-0.4, -0.2) is 16.6 Å². The number of aliphatic hydroxyl groups excluding tert-OH is 1. The number of rotatable bonds is 3. The van der Waals surface area contributed by atoms with Crippen molar-refractivity contribution in [1.29, 1.82) is 0 Å². The number of fused-ring (bicyclic) bond motifs is 1. The molecule has 0 fully saturated rings. The first-order chi connectivity index (χ1) is 8.41. The van der Waals surface area contributed by atoms with E-state index in [1.54, 1.807) is 0 Å². The maximum atomic E-state index is 12.5. The second-order valence-electron chi connectivity index (χ2n) is 3.83. The predicted octanol–water partition coefficient (Wildman–Crippen LogP) is 2.70. The molecule has 1 unspecified atom stereocenters. The number of halogens is 3. The summed E-state index contributed by atoms with van der Waals surface area (Å²) in [5.74, 6) is 0. The second kappa shape index (κ2) is 4.83. The Morgan fingerprint density at radius 2 is 2.11 bits per heavy atom. The molecule has 0 aliphatic carbocycles. The second-order valence-corrected chi connectivity index (χ2v) is 4.89. The SMILES string of the molecule is NCCC(O)c1nc2cc(C(F)(F)F)ccc2s1. The van der Waals surface area contributed by atoms with Crippen molar-refractivity contribution in [3.8, 4) is 0 Å². The summed E-state index contributed by atoms with van der Waals surface area (Å²) in [5.41, 5.74) is 4.83. The van der Waals surface area contributed by atoms with Crippen LogP contribution in [-0.2, 0) is 6.18 Å². The number of hydrogen-bond acceptors (Lipinski definition) is 4. The molecule has 18 heavy (non-hydrogen) atoms. The van der Waals surface area contributed by atoms with Gasteiger partial charge in [0, 0.05) is 0 Å². The quantitative estimate of drug-likeness (QED) is 0.906. The van der Waals surface area contributed by atoms with Gasteiger partial charge in [0.05, 0.1) is 15.8 Å². The molecule has 1 aromatic carbocycles. The summed E-state index contributed by atoms with van der Waals surface area (Å²) >= 11 is 1.18. The first kappa shape index (κ1) is 13.3. The van der Waals surface area contributed by atoms with Crippen LogP contribution < -0.4 is 5.73 Å². The number of alkyl halides is 3. The maximum absolute atomic E-state index is 12.5. The Balaban J connectivity index is 2.40. The molecule has 0 saturated carbocycles. The number of aliphatic hydroxyl groups is 1. The van der Waals surface area contributed by atoms with Gasteiger partial charge in [-0.15, -0.1) is 11.3 Å². The zero-order chi connectivity index (χ0) is 13.3. The van der Waals surface area contributed by atoms with Crippen LogP contribution in [0, 0.1) is 0 Å². The van der Waals surface area contributed by atoms with Gasteiger partial charge in [-0.05, 0) is 31.2 Å². The molecule has 0 aliphatic rings. The molecular formula is C11H11F3N2OS. The fourth-order valence-corrected chi connectivity index (χ4v) is 2.51. The van der Waals surface area contributed by atoms with Gasteiger partial charge < -0.3 is 10.8 Å². The third-order valence-corrected chi connectivity index (χ3v) is 3.59. The predicted molar refractivity (Wildman–Crippen MR) is 63.3 cm³/mol. The van der Waals surface area contributed by atoms with Gasteiger partial charge in [-0.25, -0.2) is 4.98 Å². The summed E-state index contributed by atoms with van der Waals surface area (Å²) in [6.07, 6.45) is -4.86. The monoisotopic (exact) mass is 276 g/mol. The minimum Gasteiger partial charge on any atom is -0.386 e. The lowest BCUT2D eigenvalue weighted by molar-refractivity contribution is -0.137. The number of nitrogens with zero attached hydrogens (tertiary/aromatic N) is 1. The van der Waals surface area contributed by atoms with Gasteiger partial charge >= 0.3 is 6.18 Å². The maximum Gasteiger partial charge on any atom is 0.416 e. The largest absolute Gasteiger partial charge is 0.416 e. The van der Waals surface area contributed by atoms with Gasteiger partial charge in [0.2, 0.25) is 0 Å². The van der Waals surface area contributed by atoms with E-state index in [0.717, 1.165) is 12.1 Å². The van der Waals surface area contributed by atoms with Crippen molar-refractivity contribution in [1.82, 2.24) is 4.98 Å². The summed E-state index contributed by atoms with van der Waals surface area (Å²) in [4.78, 5) is 4.02. The molecule has 7 heteroatoms. The molecule has 1 heterocycles. The number of aromatic nitrogens is 1. The van der Waals surface area contributed by atoms with Crippen molar-refractivity contribution < 1.29 is 18.3 Å². The molecule has 98 valence electrons. The fraction of sp³-hybridized carbons (Fsp3) is 0.364. The van der Waals surface area contributed by atoms with Crippen LogP contribution in [0.1, 0.15) is 23.1 Å². The lowest BCUT2D eigenvalue weighted by Crippen LogP contribution is -2.06. The highest BCUT2D eigenvalue weighted by Gasteiger charge is 2.30. The molecule has 1 atom stereocenters. The van der Waals surface area contributed by atoms with Gasteiger partial charge in [-0.1, -0.05) is 0 Å². The lowest BCUT2D eigenvalue weighted by Gasteiger charge is -2.05. The van der Waals surface area contributed by atoms with Crippen molar-refractivity contribution in [2.45, 2.75) is 18.7 Å². The van der Waals surface area contributed by atoms with Crippen LogP contribution in [0.2, 0.25) is 0 Å². The van der Waals surface area contributed by atoms with Gasteiger partial charge in [0.15, 0.2) is 0 Å². The number of benzene rings is 1. The highest BCUT2D eigenvalue weighted by atomic mass is 32.1. The minimum absolute atomic E-state index is 0.251.